The second-order valence-electron chi connectivity index (χ2n) is 8.33. The van der Waals surface area contributed by atoms with Crippen molar-refractivity contribution in [1.29, 1.82) is 0 Å². The highest BCUT2D eigenvalue weighted by atomic mass is 16.5. The molecule has 0 amide bonds. The lowest BCUT2D eigenvalue weighted by atomic mass is 9.86. The molecule has 0 fully saturated rings. The Morgan fingerprint density at radius 2 is 1.88 bits per heavy atom. The molecule has 0 saturated carbocycles. The number of rotatable bonds is 4. The quantitative estimate of drug-likeness (QED) is 0.767. The molecule has 2 aromatic heterocycles. The van der Waals surface area contributed by atoms with Crippen molar-refractivity contribution >= 4 is 10.9 Å². The first-order chi connectivity index (χ1) is 12.1. The predicted octanol–water partition coefficient (Wildman–Crippen LogP) is 4.03. The van der Waals surface area contributed by atoms with E-state index in [0.717, 1.165) is 39.2 Å². The monoisotopic (exact) mass is 355 g/mol. The Morgan fingerprint density at radius 3 is 2.50 bits per heavy atom. The van der Waals surface area contributed by atoms with E-state index in [9.17, 15) is 5.11 Å². The Morgan fingerprint density at radius 1 is 1.23 bits per heavy atom. The van der Waals surface area contributed by atoms with Crippen molar-refractivity contribution in [2.45, 2.75) is 39.2 Å². The smallest absolute Gasteiger partial charge is 0.143 e. The third-order valence-electron chi connectivity index (χ3n) is 4.83. The molecule has 1 unspecified atom stereocenters. The normalized spacial score (nSPS) is 13.7. The van der Waals surface area contributed by atoms with Gasteiger partial charge in [0.2, 0.25) is 0 Å². The molecule has 140 valence electrons. The highest BCUT2D eigenvalue weighted by molar-refractivity contribution is 5.93. The average Bonchev–Trinajstić information content (AvgIpc) is 3.05. The van der Waals surface area contributed by atoms with Gasteiger partial charge in [-0.15, -0.1) is 0 Å². The van der Waals surface area contributed by atoms with Crippen molar-refractivity contribution < 1.29 is 9.63 Å². The van der Waals surface area contributed by atoms with Gasteiger partial charge in [0.05, 0.1) is 23.1 Å². The lowest BCUT2D eigenvalue weighted by molar-refractivity contribution is 0.140. The number of benzene rings is 1. The molecule has 1 atom stereocenters. The van der Waals surface area contributed by atoms with Crippen molar-refractivity contribution in [2.24, 2.45) is 7.05 Å². The number of aliphatic hydroxyl groups is 1. The van der Waals surface area contributed by atoms with Crippen molar-refractivity contribution in [3.63, 3.8) is 0 Å². The van der Waals surface area contributed by atoms with E-state index < -0.39 is 6.10 Å². The van der Waals surface area contributed by atoms with Crippen molar-refractivity contribution in [3.05, 3.63) is 41.3 Å². The lowest BCUT2D eigenvalue weighted by Gasteiger charge is -2.21. The molecule has 0 saturated heterocycles. The van der Waals surface area contributed by atoms with Crippen LogP contribution in [0.25, 0.3) is 22.2 Å². The number of para-hydroxylation sites is 1. The number of fused-ring (bicyclic) bond motifs is 1. The molecule has 0 aliphatic rings. The van der Waals surface area contributed by atoms with E-state index in [2.05, 4.69) is 42.6 Å². The van der Waals surface area contributed by atoms with Crippen LogP contribution in [0.1, 0.15) is 43.9 Å². The van der Waals surface area contributed by atoms with E-state index >= 15 is 0 Å². The summed E-state index contributed by atoms with van der Waals surface area (Å²) in [6.07, 6.45) is -0.604. The van der Waals surface area contributed by atoms with Gasteiger partial charge >= 0.3 is 0 Å². The van der Waals surface area contributed by atoms with Gasteiger partial charge in [0, 0.05) is 35.5 Å². The SMILES string of the molecule is Cc1onc(C(C)(C)C)c1-c1c(C(O)CN(C)C)c2ccccc2n1C. The predicted molar refractivity (Wildman–Crippen MR) is 105 cm³/mol. The van der Waals surface area contributed by atoms with Crippen LogP contribution in [0.5, 0.6) is 0 Å². The Balaban J connectivity index is 2.37. The maximum atomic E-state index is 11.1. The molecular formula is C21H29N3O2. The number of hydrogen-bond donors (Lipinski definition) is 1. The molecule has 0 bridgehead atoms. The van der Waals surface area contributed by atoms with Crippen LogP contribution < -0.4 is 0 Å². The van der Waals surface area contributed by atoms with E-state index in [-0.39, 0.29) is 5.41 Å². The molecule has 0 aliphatic heterocycles. The summed E-state index contributed by atoms with van der Waals surface area (Å²) in [5, 5.41) is 16.5. The lowest BCUT2D eigenvalue weighted by Crippen LogP contribution is -2.21. The summed E-state index contributed by atoms with van der Waals surface area (Å²) in [6, 6.07) is 8.21. The molecular weight excluding hydrogens is 326 g/mol. The molecule has 1 aromatic carbocycles. The van der Waals surface area contributed by atoms with Gasteiger partial charge in [-0.1, -0.05) is 44.1 Å². The van der Waals surface area contributed by atoms with Gasteiger partial charge in [-0.25, -0.2) is 0 Å². The number of aromatic nitrogens is 2. The average molecular weight is 355 g/mol. The van der Waals surface area contributed by atoms with Crippen LogP contribution in [-0.2, 0) is 12.5 Å². The minimum Gasteiger partial charge on any atom is -0.387 e. The standard InChI is InChI=1S/C21H29N3O2/c1-13-17(20(22-26-13)21(2,3)4)19-18(16(25)12-23(5)6)14-10-8-9-11-15(14)24(19)7/h8-11,16,25H,12H2,1-7H3. The second-order valence-corrected chi connectivity index (χ2v) is 8.33. The molecule has 0 radical (unpaired) electrons. The van der Waals surface area contributed by atoms with Gasteiger partial charge in [-0.2, -0.15) is 0 Å². The zero-order valence-electron chi connectivity index (χ0n) is 16.8. The van der Waals surface area contributed by atoms with Crippen LogP contribution in [-0.4, -0.2) is 40.4 Å². The summed E-state index contributed by atoms with van der Waals surface area (Å²) in [5.74, 6) is 0.777. The maximum Gasteiger partial charge on any atom is 0.143 e. The van der Waals surface area contributed by atoms with Gasteiger partial charge in [-0.3, -0.25) is 0 Å². The molecule has 3 aromatic rings. The van der Waals surface area contributed by atoms with Crippen LogP contribution in [0.3, 0.4) is 0 Å². The highest BCUT2D eigenvalue weighted by Crippen LogP contribution is 2.42. The van der Waals surface area contributed by atoms with Crippen LogP contribution >= 0.6 is 0 Å². The molecule has 3 rings (SSSR count). The number of nitrogens with zero attached hydrogens (tertiary/aromatic N) is 3. The minimum absolute atomic E-state index is 0.159. The van der Waals surface area contributed by atoms with Crippen LogP contribution in [0.15, 0.2) is 28.8 Å². The number of aliphatic hydroxyl groups excluding tert-OH is 1. The van der Waals surface area contributed by atoms with Crippen molar-refractivity contribution in [3.8, 4) is 11.3 Å². The Hall–Kier alpha value is -2.11. The fraction of sp³-hybridized carbons (Fsp3) is 0.476. The second kappa shape index (κ2) is 6.56. The number of hydrogen-bond acceptors (Lipinski definition) is 4. The molecule has 0 spiro atoms. The first-order valence-electron chi connectivity index (χ1n) is 9.00. The molecule has 5 nitrogen and oxygen atoms in total. The van der Waals surface area contributed by atoms with Crippen LogP contribution in [0.2, 0.25) is 0 Å². The minimum atomic E-state index is -0.604. The number of likely N-dealkylation sites (N-methyl/N-ethyl adjacent to an activating group) is 1. The molecule has 1 N–H and O–H groups in total. The third kappa shape index (κ3) is 3.06. The van der Waals surface area contributed by atoms with Crippen molar-refractivity contribution in [1.82, 2.24) is 14.6 Å². The Labute approximate surface area is 155 Å². The molecule has 5 heteroatoms. The molecule has 2 heterocycles. The largest absolute Gasteiger partial charge is 0.387 e. The van der Waals surface area contributed by atoms with Gasteiger partial charge in [0.15, 0.2) is 0 Å². The van der Waals surface area contributed by atoms with E-state index in [4.69, 9.17) is 4.52 Å². The zero-order valence-corrected chi connectivity index (χ0v) is 16.8. The number of aryl methyl sites for hydroxylation is 2. The van der Waals surface area contributed by atoms with E-state index in [1.165, 1.54) is 0 Å². The van der Waals surface area contributed by atoms with Gasteiger partial charge < -0.3 is 19.1 Å². The Bertz CT molecular complexity index is 929. The highest BCUT2D eigenvalue weighted by Gasteiger charge is 2.31. The summed E-state index contributed by atoms with van der Waals surface area (Å²) < 4.78 is 7.74. The topological polar surface area (TPSA) is 54.4 Å². The first-order valence-corrected chi connectivity index (χ1v) is 9.00. The molecule has 0 aliphatic carbocycles. The summed E-state index contributed by atoms with van der Waals surface area (Å²) in [6.45, 7) is 8.89. The van der Waals surface area contributed by atoms with Crippen LogP contribution in [0, 0.1) is 6.92 Å². The Kier molecular flexibility index (Phi) is 4.71. The summed E-state index contributed by atoms with van der Waals surface area (Å²) in [7, 11) is 5.99. The molecule has 26 heavy (non-hydrogen) atoms. The fourth-order valence-electron chi connectivity index (χ4n) is 3.66. The first kappa shape index (κ1) is 18.7. The van der Waals surface area contributed by atoms with Gasteiger partial charge in [0.25, 0.3) is 0 Å². The van der Waals surface area contributed by atoms with E-state index in [0.29, 0.717) is 6.54 Å². The zero-order chi connectivity index (χ0) is 19.2. The third-order valence-corrected chi connectivity index (χ3v) is 4.83. The fourth-order valence-corrected chi connectivity index (χ4v) is 3.66. The van der Waals surface area contributed by atoms with Crippen LogP contribution in [0.4, 0.5) is 0 Å². The van der Waals surface area contributed by atoms with E-state index in [1.807, 2.05) is 45.1 Å². The van der Waals surface area contributed by atoms with Gasteiger partial charge in [0.1, 0.15) is 5.76 Å². The van der Waals surface area contributed by atoms with Crippen molar-refractivity contribution in [2.75, 3.05) is 20.6 Å². The van der Waals surface area contributed by atoms with E-state index in [1.54, 1.807) is 0 Å². The summed E-state index contributed by atoms with van der Waals surface area (Å²) in [4.78, 5) is 2.00. The summed E-state index contributed by atoms with van der Waals surface area (Å²) in [5.41, 5.74) is 4.77. The maximum absolute atomic E-state index is 11.1. The van der Waals surface area contributed by atoms with Gasteiger partial charge in [-0.05, 0) is 27.1 Å². The summed E-state index contributed by atoms with van der Waals surface area (Å²) >= 11 is 0.